The van der Waals surface area contributed by atoms with Gasteiger partial charge in [-0.3, -0.25) is 4.79 Å². The molecule has 4 rings (SSSR count). The standard InChI is InChI=1S/C27H46O2Si/c1-18(28)22-11-12-23-21-10-9-19-17-20(29-30(7,8)25(2,3)4)13-15-26(19,5)24(21)14-16-27(22,23)6/h9,20-24H,10-17H2,1-8H3/t20-,21+,22-,23+,24+,26-,27+/m0/s1. The number of hydrogen-bond donors (Lipinski definition) is 0. The molecule has 170 valence electrons. The average Bonchev–Trinajstić information content (AvgIpc) is 2.98. The maximum Gasteiger partial charge on any atom is 0.192 e. The fourth-order valence-electron chi connectivity index (χ4n) is 7.99. The molecule has 3 fully saturated rings. The third kappa shape index (κ3) is 3.41. The highest BCUT2D eigenvalue weighted by atomic mass is 28.4. The van der Waals surface area contributed by atoms with Crippen LogP contribution < -0.4 is 0 Å². The molecular formula is C27H46O2Si. The first kappa shape index (κ1) is 22.8. The third-order valence-electron chi connectivity index (χ3n) is 10.8. The second kappa shape index (κ2) is 7.30. The highest BCUT2D eigenvalue weighted by molar-refractivity contribution is 6.74. The quantitative estimate of drug-likeness (QED) is 0.341. The van der Waals surface area contributed by atoms with Gasteiger partial charge in [-0.05, 0) is 105 Å². The lowest BCUT2D eigenvalue weighted by molar-refractivity contribution is -0.127. The zero-order valence-electron chi connectivity index (χ0n) is 20.9. The molecule has 0 saturated heterocycles. The molecule has 0 amide bonds. The molecule has 4 aliphatic rings. The summed E-state index contributed by atoms with van der Waals surface area (Å²) in [6.07, 6.45) is 13.0. The number of ketones is 1. The van der Waals surface area contributed by atoms with Crippen molar-refractivity contribution >= 4 is 14.1 Å². The summed E-state index contributed by atoms with van der Waals surface area (Å²) in [5, 5.41) is 0.281. The second-order valence-electron chi connectivity index (χ2n) is 13.3. The van der Waals surface area contributed by atoms with Crippen molar-refractivity contribution in [3.8, 4) is 0 Å². The summed E-state index contributed by atoms with van der Waals surface area (Å²) in [7, 11) is -1.71. The lowest BCUT2D eigenvalue weighted by Gasteiger charge is -2.58. The van der Waals surface area contributed by atoms with E-state index < -0.39 is 8.32 Å². The minimum absolute atomic E-state index is 0.261. The first-order valence-corrected chi connectivity index (χ1v) is 15.6. The van der Waals surface area contributed by atoms with E-state index in [1.807, 2.05) is 6.92 Å². The van der Waals surface area contributed by atoms with Crippen molar-refractivity contribution in [1.29, 1.82) is 0 Å². The normalized spacial score (nSPS) is 44.0. The van der Waals surface area contributed by atoms with Crippen LogP contribution in [-0.2, 0) is 9.22 Å². The summed E-state index contributed by atoms with van der Waals surface area (Å²) >= 11 is 0. The van der Waals surface area contributed by atoms with Gasteiger partial charge in [-0.1, -0.05) is 46.3 Å². The van der Waals surface area contributed by atoms with Crippen molar-refractivity contribution < 1.29 is 9.22 Å². The summed E-state index contributed by atoms with van der Waals surface area (Å²) in [6.45, 7) is 18.7. The van der Waals surface area contributed by atoms with Gasteiger partial charge in [0.15, 0.2) is 8.32 Å². The summed E-state index contributed by atoms with van der Waals surface area (Å²) < 4.78 is 6.86. The van der Waals surface area contributed by atoms with Gasteiger partial charge in [0.05, 0.1) is 0 Å². The molecule has 0 spiro atoms. The highest BCUT2D eigenvalue weighted by Crippen LogP contribution is 2.66. The van der Waals surface area contributed by atoms with E-state index in [0.717, 1.165) is 30.6 Å². The van der Waals surface area contributed by atoms with E-state index in [4.69, 9.17) is 4.43 Å². The van der Waals surface area contributed by atoms with Crippen LogP contribution >= 0.6 is 0 Å². The van der Waals surface area contributed by atoms with E-state index >= 15 is 0 Å². The Morgan fingerprint density at radius 2 is 1.77 bits per heavy atom. The molecule has 0 N–H and O–H groups in total. The Morgan fingerprint density at radius 3 is 2.40 bits per heavy atom. The van der Waals surface area contributed by atoms with Gasteiger partial charge in [0.1, 0.15) is 5.78 Å². The topological polar surface area (TPSA) is 26.3 Å². The van der Waals surface area contributed by atoms with Crippen molar-refractivity contribution in [1.82, 2.24) is 0 Å². The fourth-order valence-corrected chi connectivity index (χ4v) is 9.38. The number of rotatable bonds is 3. The molecule has 0 aromatic carbocycles. The molecule has 0 aromatic rings. The van der Waals surface area contributed by atoms with Crippen LogP contribution in [0.1, 0.15) is 92.9 Å². The van der Waals surface area contributed by atoms with Gasteiger partial charge in [0.25, 0.3) is 0 Å². The number of fused-ring (bicyclic) bond motifs is 5. The van der Waals surface area contributed by atoms with Crippen molar-refractivity contribution in [2.45, 2.75) is 117 Å². The number of hydrogen-bond acceptors (Lipinski definition) is 2. The lowest BCUT2D eigenvalue weighted by atomic mass is 9.47. The number of allylic oxidation sites excluding steroid dienone is 1. The van der Waals surface area contributed by atoms with E-state index in [-0.39, 0.29) is 10.5 Å². The smallest absolute Gasteiger partial charge is 0.192 e. The van der Waals surface area contributed by atoms with Gasteiger partial charge in [-0.25, -0.2) is 0 Å². The van der Waals surface area contributed by atoms with Crippen molar-refractivity contribution in [3.63, 3.8) is 0 Å². The van der Waals surface area contributed by atoms with Crippen LogP contribution in [0.3, 0.4) is 0 Å². The summed E-state index contributed by atoms with van der Waals surface area (Å²) in [6, 6.07) is 0. The minimum Gasteiger partial charge on any atom is -0.414 e. The van der Waals surface area contributed by atoms with E-state index in [9.17, 15) is 4.79 Å². The van der Waals surface area contributed by atoms with E-state index in [1.165, 1.54) is 38.5 Å². The minimum atomic E-state index is -1.71. The summed E-state index contributed by atoms with van der Waals surface area (Å²) in [5.41, 5.74) is 2.34. The summed E-state index contributed by atoms with van der Waals surface area (Å²) in [5.74, 6) is 3.12. The molecule has 0 bridgehead atoms. The third-order valence-corrected chi connectivity index (χ3v) is 15.4. The molecule has 2 nitrogen and oxygen atoms in total. The Bertz CT molecular complexity index is 732. The number of Topliss-reactive ketones (excluding diaryl/α,β-unsaturated/α-hetero) is 1. The van der Waals surface area contributed by atoms with Crippen LogP contribution in [0.15, 0.2) is 11.6 Å². The Balaban J connectivity index is 1.53. The van der Waals surface area contributed by atoms with Crippen LogP contribution in [0.2, 0.25) is 18.1 Å². The predicted octanol–water partition coefficient (Wildman–Crippen LogP) is 7.54. The molecule has 3 heteroatoms. The van der Waals surface area contributed by atoms with Crippen molar-refractivity contribution in [2.24, 2.45) is 34.5 Å². The predicted molar refractivity (Wildman–Crippen MR) is 128 cm³/mol. The second-order valence-corrected chi connectivity index (χ2v) is 18.0. The first-order chi connectivity index (χ1) is 13.8. The maximum atomic E-state index is 12.4. The van der Waals surface area contributed by atoms with E-state index in [2.05, 4.69) is 53.8 Å². The molecule has 0 radical (unpaired) electrons. The summed E-state index contributed by atoms with van der Waals surface area (Å²) in [4.78, 5) is 12.4. The lowest BCUT2D eigenvalue weighted by Crippen LogP contribution is -2.52. The Labute approximate surface area is 186 Å². The van der Waals surface area contributed by atoms with Gasteiger partial charge < -0.3 is 4.43 Å². The molecule has 0 aliphatic heterocycles. The molecule has 0 unspecified atom stereocenters. The van der Waals surface area contributed by atoms with Crippen LogP contribution in [0, 0.1) is 34.5 Å². The first-order valence-electron chi connectivity index (χ1n) is 12.7. The highest BCUT2D eigenvalue weighted by Gasteiger charge is 2.59. The van der Waals surface area contributed by atoms with Crippen LogP contribution in [0.5, 0.6) is 0 Å². The molecule has 0 aromatic heterocycles. The molecule has 3 saturated carbocycles. The van der Waals surface area contributed by atoms with Crippen molar-refractivity contribution in [2.75, 3.05) is 0 Å². The van der Waals surface area contributed by atoms with Crippen LogP contribution in [-0.4, -0.2) is 20.2 Å². The Kier molecular flexibility index (Phi) is 5.54. The zero-order valence-corrected chi connectivity index (χ0v) is 21.9. The van der Waals surface area contributed by atoms with Gasteiger partial charge in [-0.2, -0.15) is 0 Å². The monoisotopic (exact) mass is 430 g/mol. The van der Waals surface area contributed by atoms with Gasteiger partial charge in [0, 0.05) is 12.0 Å². The SMILES string of the molecule is CC(=O)[C@@H]1CC[C@@H]2[C@H]3CC=C4C[C@@H](O[Si](C)(C)C(C)(C)C)CC[C@]4(C)[C@@H]3CC[C@@]21C. The van der Waals surface area contributed by atoms with Crippen LogP contribution in [0.4, 0.5) is 0 Å². The molecule has 30 heavy (non-hydrogen) atoms. The largest absolute Gasteiger partial charge is 0.414 e. The van der Waals surface area contributed by atoms with E-state index in [1.54, 1.807) is 5.57 Å². The Morgan fingerprint density at radius 1 is 1.07 bits per heavy atom. The molecule has 7 atom stereocenters. The fraction of sp³-hybridized carbons (Fsp3) is 0.889. The van der Waals surface area contributed by atoms with Crippen molar-refractivity contribution in [3.05, 3.63) is 11.6 Å². The number of carbonyl (C=O) groups is 1. The van der Waals surface area contributed by atoms with E-state index in [0.29, 0.717) is 23.2 Å². The van der Waals surface area contributed by atoms with Gasteiger partial charge in [0.2, 0.25) is 0 Å². The molecule has 4 aliphatic carbocycles. The van der Waals surface area contributed by atoms with Gasteiger partial charge in [-0.15, -0.1) is 0 Å². The molecule has 0 heterocycles. The maximum absolute atomic E-state index is 12.4. The average molecular weight is 431 g/mol. The Hall–Kier alpha value is -0.413. The van der Waals surface area contributed by atoms with Crippen LogP contribution in [0.25, 0.3) is 0 Å². The van der Waals surface area contributed by atoms with Gasteiger partial charge >= 0.3 is 0 Å². The number of carbonyl (C=O) groups excluding carboxylic acids is 1. The molecular weight excluding hydrogens is 384 g/mol. The zero-order chi connectivity index (χ0) is 22.1.